The van der Waals surface area contributed by atoms with E-state index in [1.807, 2.05) is 48.5 Å². The molecule has 0 saturated heterocycles. The van der Waals surface area contributed by atoms with E-state index in [4.69, 9.17) is 0 Å². The zero-order chi connectivity index (χ0) is 27.4. The van der Waals surface area contributed by atoms with Crippen molar-refractivity contribution in [3.05, 3.63) is 83.4 Å². The second-order valence-electron chi connectivity index (χ2n) is 8.61. The molecule has 3 aromatic rings. The van der Waals surface area contributed by atoms with Crippen LogP contribution in [0.2, 0.25) is 0 Å². The molecule has 3 aromatic carbocycles. The summed E-state index contributed by atoms with van der Waals surface area (Å²) in [5, 5.41) is 0. The third kappa shape index (κ3) is 7.38. The normalized spacial score (nSPS) is 11.8. The molecule has 0 heterocycles. The van der Waals surface area contributed by atoms with Crippen LogP contribution >= 0.6 is 0 Å². The summed E-state index contributed by atoms with van der Waals surface area (Å²) in [6.07, 6.45) is 0. The molecule has 0 aliphatic rings. The molecule has 0 atom stereocenters. The van der Waals surface area contributed by atoms with E-state index in [1.165, 1.54) is 6.07 Å². The maximum absolute atomic E-state index is 12.4. The van der Waals surface area contributed by atoms with Gasteiger partial charge in [0.2, 0.25) is 0 Å². The van der Waals surface area contributed by atoms with Crippen molar-refractivity contribution in [2.45, 2.75) is 43.4 Å². The van der Waals surface area contributed by atoms with Crippen molar-refractivity contribution >= 4 is 61.2 Å². The molecule has 0 fully saturated rings. The minimum Gasteiger partial charge on any atom is -0.372 e. The van der Waals surface area contributed by atoms with Gasteiger partial charge in [0.1, 0.15) is 0 Å². The van der Waals surface area contributed by atoms with Gasteiger partial charge in [-0.2, -0.15) is 16.8 Å². The molecule has 0 bridgehead atoms. The fourth-order valence-corrected chi connectivity index (χ4v) is 5.96. The van der Waals surface area contributed by atoms with E-state index >= 15 is 0 Å². The van der Waals surface area contributed by atoms with Crippen LogP contribution in [0.25, 0.3) is 0 Å². The van der Waals surface area contributed by atoms with Crippen molar-refractivity contribution in [1.29, 1.82) is 0 Å². The first kappa shape index (κ1) is 32.3. The average molecular weight is 570 g/mol. The van der Waals surface area contributed by atoms with Crippen LogP contribution in [0.5, 0.6) is 0 Å². The van der Waals surface area contributed by atoms with Crippen molar-refractivity contribution in [3.8, 4) is 0 Å². The van der Waals surface area contributed by atoms with E-state index in [1.54, 1.807) is 0 Å². The first-order chi connectivity index (χ1) is 17.4. The van der Waals surface area contributed by atoms with Gasteiger partial charge in [-0.1, -0.05) is 30.3 Å². The van der Waals surface area contributed by atoms with Crippen molar-refractivity contribution in [2.75, 3.05) is 36.0 Å². The van der Waals surface area contributed by atoms with Gasteiger partial charge in [-0.3, -0.25) is 9.11 Å². The van der Waals surface area contributed by atoms with Gasteiger partial charge in [-0.15, -0.1) is 0 Å². The van der Waals surface area contributed by atoms with Gasteiger partial charge >= 0.3 is 0 Å². The van der Waals surface area contributed by atoms with Crippen LogP contribution in [-0.4, -0.2) is 81.7 Å². The summed E-state index contributed by atoms with van der Waals surface area (Å²) in [4.78, 5) is 3.18. The smallest absolute Gasteiger partial charge is 0.294 e. The number of hydrogen-bond donors (Lipinski definition) is 2. The summed E-state index contributed by atoms with van der Waals surface area (Å²) in [6, 6.07) is 18.7. The third-order valence-corrected chi connectivity index (χ3v) is 8.34. The predicted octanol–water partition coefficient (Wildman–Crippen LogP) is 4.67. The Balaban J connectivity index is 0.00000507. The molecule has 0 aromatic heterocycles. The molecule has 0 aliphatic carbocycles. The standard InChI is InChI=1S/C27H34N2O6S2.Na/c1-5-28(6-2)22-13-9-20(10-14-22)27(21-11-15-23(16-12-21)29(7-3)8-4)25-18-17-24(36(30,31)32)19-26(25)37(33,34)35;/h9-19,27H,5-8H2,1-4H3,(H,30,31,32)(H,33,34,35);. The fourth-order valence-electron chi connectivity index (χ4n) is 4.62. The second-order valence-corrected chi connectivity index (χ2v) is 11.4. The molecule has 1 radical (unpaired) electrons. The van der Waals surface area contributed by atoms with E-state index in [2.05, 4.69) is 37.5 Å². The average Bonchev–Trinajstić information content (AvgIpc) is 2.86. The molecule has 0 saturated carbocycles. The van der Waals surface area contributed by atoms with Crippen LogP contribution in [0.15, 0.2) is 76.5 Å². The Hall–Kier alpha value is -1.92. The summed E-state index contributed by atoms with van der Waals surface area (Å²) in [5.41, 5.74) is 3.75. The fraction of sp³-hybridized carbons (Fsp3) is 0.333. The quantitative estimate of drug-likeness (QED) is 0.195. The van der Waals surface area contributed by atoms with Gasteiger partial charge in [-0.05, 0) is 80.8 Å². The molecule has 8 nitrogen and oxygen atoms in total. The maximum Gasteiger partial charge on any atom is 0.294 e. The Kier molecular flexibility index (Phi) is 11.4. The number of hydrogen-bond acceptors (Lipinski definition) is 6. The van der Waals surface area contributed by atoms with Crippen molar-refractivity contribution < 1.29 is 25.9 Å². The predicted molar refractivity (Wildman–Crippen MR) is 153 cm³/mol. The molecule has 2 N–H and O–H groups in total. The molecule has 3 rings (SSSR count). The molecule has 0 spiro atoms. The number of anilines is 2. The van der Waals surface area contributed by atoms with Gasteiger partial charge in [0.05, 0.1) is 9.79 Å². The minimum atomic E-state index is -4.83. The van der Waals surface area contributed by atoms with Gasteiger partial charge in [0.15, 0.2) is 0 Å². The summed E-state index contributed by atoms with van der Waals surface area (Å²) < 4.78 is 67.8. The summed E-state index contributed by atoms with van der Waals surface area (Å²) >= 11 is 0. The van der Waals surface area contributed by atoms with Crippen molar-refractivity contribution in [3.63, 3.8) is 0 Å². The topological polar surface area (TPSA) is 115 Å². The summed E-state index contributed by atoms with van der Waals surface area (Å²) in [5.74, 6) is -0.635. The van der Waals surface area contributed by atoms with Crippen LogP contribution < -0.4 is 9.80 Å². The monoisotopic (exact) mass is 569 g/mol. The van der Waals surface area contributed by atoms with Crippen molar-refractivity contribution in [1.82, 2.24) is 0 Å². The first-order valence-corrected chi connectivity index (χ1v) is 15.1. The Labute approximate surface area is 248 Å². The number of rotatable bonds is 11. The third-order valence-electron chi connectivity index (χ3n) is 6.58. The van der Waals surface area contributed by atoms with Gasteiger partial charge < -0.3 is 9.80 Å². The Morgan fingerprint density at radius 3 is 1.34 bits per heavy atom. The van der Waals surface area contributed by atoms with Crippen LogP contribution in [0.3, 0.4) is 0 Å². The Bertz CT molecular complexity index is 1360. The van der Waals surface area contributed by atoms with E-state index in [-0.39, 0.29) is 35.1 Å². The molecule has 38 heavy (non-hydrogen) atoms. The SMILES string of the molecule is CCN(CC)c1ccc(C(c2ccc(N(CC)CC)cc2)c2ccc(S(=O)(=O)O)cc2S(=O)(=O)O)cc1.[Na]. The molecule has 201 valence electrons. The van der Waals surface area contributed by atoms with E-state index in [0.29, 0.717) is 0 Å². The largest absolute Gasteiger partial charge is 0.372 e. The second kappa shape index (κ2) is 13.4. The summed E-state index contributed by atoms with van der Waals surface area (Å²) in [7, 11) is -9.51. The van der Waals surface area contributed by atoms with Gasteiger partial charge in [0, 0.05) is 73.0 Å². The molecule has 0 amide bonds. The zero-order valence-corrected chi connectivity index (χ0v) is 26.1. The van der Waals surface area contributed by atoms with Gasteiger partial charge in [-0.25, -0.2) is 0 Å². The van der Waals surface area contributed by atoms with Crippen LogP contribution in [-0.2, 0) is 20.2 Å². The molecular formula is C27H34N2NaO6S2. The van der Waals surface area contributed by atoms with Crippen molar-refractivity contribution in [2.24, 2.45) is 0 Å². The van der Waals surface area contributed by atoms with Crippen LogP contribution in [0, 0.1) is 0 Å². The molecule has 11 heteroatoms. The Morgan fingerprint density at radius 2 is 1.03 bits per heavy atom. The molecule has 0 aliphatic heterocycles. The minimum absolute atomic E-state index is 0. The molecular weight excluding hydrogens is 535 g/mol. The van der Waals surface area contributed by atoms with Crippen LogP contribution in [0.1, 0.15) is 50.3 Å². The zero-order valence-electron chi connectivity index (χ0n) is 22.5. The molecule has 0 unspecified atom stereocenters. The summed E-state index contributed by atoms with van der Waals surface area (Å²) in [6.45, 7) is 11.6. The van der Waals surface area contributed by atoms with E-state index in [0.717, 1.165) is 60.8 Å². The first-order valence-electron chi connectivity index (χ1n) is 12.2. The van der Waals surface area contributed by atoms with Crippen LogP contribution in [0.4, 0.5) is 11.4 Å². The van der Waals surface area contributed by atoms with E-state index in [9.17, 15) is 25.9 Å². The number of nitrogens with zero attached hydrogens (tertiary/aromatic N) is 2. The number of benzene rings is 3. The maximum atomic E-state index is 12.4. The van der Waals surface area contributed by atoms with Gasteiger partial charge in [0.25, 0.3) is 20.2 Å². The van der Waals surface area contributed by atoms with E-state index < -0.39 is 35.9 Å². The Morgan fingerprint density at radius 1 is 0.632 bits per heavy atom.